The highest BCUT2D eigenvalue weighted by Crippen LogP contribution is 2.47. The molecule has 12 nitrogen and oxygen atoms in total. The smallest absolute Gasteiger partial charge is 0.407 e. The summed E-state index contributed by atoms with van der Waals surface area (Å²) in [5.41, 5.74) is 1.97. The summed E-state index contributed by atoms with van der Waals surface area (Å²) in [5.74, 6) is -3.48. The predicted octanol–water partition coefficient (Wildman–Crippen LogP) is 4.75. The Kier molecular flexibility index (Phi) is 9.81. The van der Waals surface area contributed by atoms with Gasteiger partial charge in [0, 0.05) is 28.9 Å². The maximum atomic E-state index is 14.2. The number of nitrogens with zero attached hydrogens (tertiary/aromatic N) is 1. The Labute approximate surface area is 303 Å². The molecule has 4 bridgehead atoms. The summed E-state index contributed by atoms with van der Waals surface area (Å²) in [6, 6.07) is 16.8. The first-order chi connectivity index (χ1) is 25.0. The Morgan fingerprint density at radius 1 is 1.04 bits per heavy atom. The largest absolute Gasteiger partial charge is 0.490 e. The zero-order valence-electron chi connectivity index (χ0n) is 29.1. The van der Waals surface area contributed by atoms with E-state index in [1.165, 1.54) is 6.08 Å². The van der Waals surface area contributed by atoms with Gasteiger partial charge in [0.05, 0.1) is 35.0 Å². The molecule has 3 saturated carbocycles. The van der Waals surface area contributed by atoms with E-state index in [0.29, 0.717) is 30.7 Å². The summed E-state index contributed by atoms with van der Waals surface area (Å²) in [6.07, 6.45) is 4.85. The monoisotopic (exact) mass is 728 g/mol. The molecule has 3 aliphatic carbocycles. The van der Waals surface area contributed by atoms with Crippen LogP contribution in [0.2, 0.25) is 0 Å². The highest BCUT2D eigenvalue weighted by atomic mass is 32.2. The summed E-state index contributed by atoms with van der Waals surface area (Å²) >= 11 is 0. The Balaban J connectivity index is 1.21. The fourth-order valence-corrected chi connectivity index (χ4v) is 8.90. The molecule has 3 aromatic rings. The third kappa shape index (κ3) is 7.41. The molecule has 3 amide bonds. The molecular formula is C39H44N4O8S. The molecule has 3 N–H and O–H groups in total. The number of hydrogen-bond acceptors (Lipinski definition) is 9. The number of amides is 3. The highest BCUT2D eigenvalue weighted by Gasteiger charge is 2.62. The van der Waals surface area contributed by atoms with Crippen LogP contribution in [0.25, 0.3) is 22.2 Å². The van der Waals surface area contributed by atoms with Gasteiger partial charge in [-0.1, -0.05) is 42.5 Å². The van der Waals surface area contributed by atoms with Crippen molar-refractivity contribution in [1.29, 1.82) is 0 Å². The third-order valence-electron chi connectivity index (χ3n) is 10.8. The van der Waals surface area contributed by atoms with E-state index in [0.717, 1.165) is 41.3 Å². The van der Waals surface area contributed by atoms with Gasteiger partial charge in [-0.05, 0) is 82.4 Å². The van der Waals surface area contributed by atoms with Crippen molar-refractivity contribution in [3.05, 3.63) is 72.8 Å². The maximum absolute atomic E-state index is 14.2. The molecule has 52 heavy (non-hydrogen) atoms. The molecule has 2 heterocycles. The number of carbonyl (C=O) groups is 4. The van der Waals surface area contributed by atoms with Crippen molar-refractivity contribution in [2.75, 3.05) is 6.61 Å². The lowest BCUT2D eigenvalue weighted by Gasteiger charge is -2.25. The molecule has 1 aliphatic heterocycles. The number of aryl methyl sites for hydroxylation is 1. The van der Waals surface area contributed by atoms with Crippen molar-refractivity contribution in [3.8, 4) is 17.0 Å². The van der Waals surface area contributed by atoms with Gasteiger partial charge in [-0.3, -0.25) is 19.1 Å². The number of carbonyl (C=O) groups excluding carboxylic acids is 4. The van der Waals surface area contributed by atoms with Gasteiger partial charge in [0.2, 0.25) is 15.9 Å². The van der Waals surface area contributed by atoms with Crippen LogP contribution in [-0.4, -0.2) is 66.6 Å². The molecular weight excluding hydrogens is 685 g/mol. The minimum Gasteiger partial charge on any atom is -0.490 e. The van der Waals surface area contributed by atoms with Crippen molar-refractivity contribution >= 4 is 44.6 Å². The van der Waals surface area contributed by atoms with Crippen LogP contribution in [0.1, 0.15) is 63.9 Å². The molecule has 13 heteroatoms. The SMILES string of the molecule is C=C[C@H]1C[C@]1(NC(=O)[C@@H]1C[C@@H]2CC1C(=O)[C@H](C)NC(=O)OCCCCCc1ccc3nc(-c4ccccc4)cc(c3c1)O2)C(=O)NS(=O)(=O)C1CC1. The van der Waals surface area contributed by atoms with Crippen molar-refractivity contribution in [2.24, 2.45) is 17.8 Å². The van der Waals surface area contributed by atoms with E-state index in [-0.39, 0.29) is 31.7 Å². The van der Waals surface area contributed by atoms with Crippen LogP contribution in [-0.2, 0) is 35.6 Å². The topological polar surface area (TPSA) is 170 Å². The molecule has 7 rings (SSSR count). The molecule has 274 valence electrons. The van der Waals surface area contributed by atoms with Gasteiger partial charge in [0.15, 0.2) is 5.78 Å². The quantitative estimate of drug-likeness (QED) is 0.291. The van der Waals surface area contributed by atoms with Crippen LogP contribution in [0.4, 0.5) is 4.79 Å². The van der Waals surface area contributed by atoms with E-state index in [1.54, 1.807) is 6.92 Å². The molecule has 4 aliphatic rings. The van der Waals surface area contributed by atoms with Crippen molar-refractivity contribution < 1.29 is 37.1 Å². The number of Topliss-reactive ketones (excluding diaryl/α,β-unsaturated/α-hetero) is 1. The van der Waals surface area contributed by atoms with E-state index in [2.05, 4.69) is 34.1 Å². The number of aromatic nitrogens is 1. The second-order valence-electron chi connectivity index (χ2n) is 14.5. The maximum Gasteiger partial charge on any atom is 0.407 e. The lowest BCUT2D eigenvalue weighted by Crippen LogP contribution is -2.54. The highest BCUT2D eigenvalue weighted by molar-refractivity contribution is 7.91. The first-order valence-electron chi connectivity index (χ1n) is 18.1. The summed E-state index contributed by atoms with van der Waals surface area (Å²) in [6.45, 7) is 5.54. The Morgan fingerprint density at radius 3 is 2.56 bits per heavy atom. The summed E-state index contributed by atoms with van der Waals surface area (Å²) < 4.78 is 39.6. The molecule has 1 unspecified atom stereocenters. The van der Waals surface area contributed by atoms with E-state index in [9.17, 15) is 27.6 Å². The molecule has 1 aromatic heterocycles. The minimum atomic E-state index is -3.87. The summed E-state index contributed by atoms with van der Waals surface area (Å²) in [4.78, 5) is 59.3. The van der Waals surface area contributed by atoms with Gasteiger partial charge in [-0.2, -0.15) is 0 Å². The standard InChI is InChI=1S/C39H44N4O8S/c1-3-26-22-39(26,37(46)43-52(48,49)28-14-15-28)42-36(45)30-20-27-19-29(30)35(44)23(2)40-38(47)50-17-9-5-6-10-24-13-16-32-31(18-24)34(51-27)21-33(41-32)25-11-7-4-8-12-25/h3-4,7-8,11-13,16,18,21,23,26-30H,1,5-6,9-10,14-15,17,19-20,22H2,2H3,(H,40,47)(H,42,45)(H,43,46)/t23-,26-,27-,29?,30+,39+/m0/s1. The number of hydrogen-bond donors (Lipinski definition) is 3. The van der Waals surface area contributed by atoms with Gasteiger partial charge in [-0.15, -0.1) is 6.58 Å². The zero-order chi connectivity index (χ0) is 36.6. The summed E-state index contributed by atoms with van der Waals surface area (Å²) in [5, 5.41) is 5.65. The number of alkyl carbamates (subject to hydrolysis) is 1. The van der Waals surface area contributed by atoms with Gasteiger partial charge < -0.3 is 20.1 Å². The minimum absolute atomic E-state index is 0.139. The number of ketones is 1. The van der Waals surface area contributed by atoms with E-state index in [4.69, 9.17) is 14.5 Å². The number of nitrogens with one attached hydrogen (secondary N) is 3. The first-order valence-corrected chi connectivity index (χ1v) is 19.7. The number of rotatable bonds is 7. The lowest BCUT2D eigenvalue weighted by atomic mass is 9.88. The average Bonchev–Trinajstić information content (AvgIpc) is 4.06. The first kappa shape index (κ1) is 35.6. The second-order valence-corrected chi connectivity index (χ2v) is 16.5. The number of ether oxygens (including phenoxy) is 2. The van der Waals surface area contributed by atoms with Crippen LogP contribution in [0.5, 0.6) is 5.75 Å². The van der Waals surface area contributed by atoms with Crippen LogP contribution < -0.4 is 20.1 Å². The molecule has 3 fully saturated rings. The third-order valence-corrected chi connectivity index (χ3v) is 12.6. The van der Waals surface area contributed by atoms with Crippen LogP contribution >= 0.6 is 0 Å². The van der Waals surface area contributed by atoms with Gasteiger partial charge >= 0.3 is 6.09 Å². The van der Waals surface area contributed by atoms with Crippen LogP contribution in [0, 0.1) is 17.8 Å². The van der Waals surface area contributed by atoms with Crippen molar-refractivity contribution in [1.82, 2.24) is 20.3 Å². The van der Waals surface area contributed by atoms with Gasteiger partial charge in [0.25, 0.3) is 5.91 Å². The fraction of sp³-hybridized carbons (Fsp3) is 0.462. The number of fused-ring (bicyclic) bond motifs is 3. The summed E-state index contributed by atoms with van der Waals surface area (Å²) in [7, 11) is -3.87. The van der Waals surface area contributed by atoms with Gasteiger partial charge in [-0.25, -0.2) is 18.2 Å². The predicted molar refractivity (Wildman–Crippen MR) is 194 cm³/mol. The number of benzene rings is 2. The number of cyclic esters (lactones) is 1. The zero-order valence-corrected chi connectivity index (χ0v) is 30.0. The number of sulfonamides is 1. The van der Waals surface area contributed by atoms with Gasteiger partial charge in [0.1, 0.15) is 17.4 Å². The molecule has 0 radical (unpaired) electrons. The average molecular weight is 729 g/mol. The Morgan fingerprint density at radius 2 is 1.83 bits per heavy atom. The molecule has 2 aromatic carbocycles. The van der Waals surface area contributed by atoms with Crippen molar-refractivity contribution in [3.63, 3.8) is 0 Å². The van der Waals surface area contributed by atoms with Crippen molar-refractivity contribution in [2.45, 2.75) is 87.6 Å². The van der Waals surface area contributed by atoms with E-state index < -0.39 is 68.6 Å². The van der Waals surface area contributed by atoms with Crippen LogP contribution in [0.3, 0.4) is 0 Å². The molecule has 0 spiro atoms. The fourth-order valence-electron chi connectivity index (χ4n) is 7.54. The second kappa shape index (κ2) is 14.3. The lowest BCUT2D eigenvalue weighted by molar-refractivity contribution is -0.135. The van der Waals surface area contributed by atoms with E-state index in [1.807, 2.05) is 42.5 Å². The number of pyridine rings is 1. The Bertz CT molecular complexity index is 2020. The Hall–Kier alpha value is -4.78. The van der Waals surface area contributed by atoms with E-state index >= 15 is 0 Å². The molecule has 0 saturated heterocycles. The normalized spacial score (nSPS) is 28.1. The van der Waals surface area contributed by atoms with Crippen LogP contribution in [0.15, 0.2) is 67.3 Å². The molecule has 6 atom stereocenters.